The summed E-state index contributed by atoms with van der Waals surface area (Å²) in [6, 6.07) is 21.4. The molecule has 152 valence electrons. The summed E-state index contributed by atoms with van der Waals surface area (Å²) in [7, 11) is -1.40. The largest absolute Gasteiger partial charge is 0.369 e. The molecule has 29 heavy (non-hydrogen) atoms. The minimum Gasteiger partial charge on any atom is -0.369 e. The zero-order valence-corrected chi connectivity index (χ0v) is 17.5. The third kappa shape index (κ3) is 4.61. The smallest absolute Gasteiger partial charge is 0.241 e. The Balaban J connectivity index is 1.38. The summed E-state index contributed by atoms with van der Waals surface area (Å²) in [5.74, 6) is 0. The number of nitrogens with one attached hydrogen (secondary N) is 1. The zero-order chi connectivity index (χ0) is 20.3. The van der Waals surface area contributed by atoms with E-state index in [-0.39, 0.29) is 0 Å². The number of fused-ring (bicyclic) bond motifs is 1. The number of rotatable bonds is 6. The summed E-state index contributed by atoms with van der Waals surface area (Å²) in [4.78, 5) is 5.07. The van der Waals surface area contributed by atoms with Crippen LogP contribution in [0.15, 0.2) is 71.6 Å². The van der Waals surface area contributed by atoms with Crippen LogP contribution < -0.4 is 9.62 Å². The number of anilines is 1. The maximum atomic E-state index is 12.8. The normalized spacial score (nSPS) is 15.7. The van der Waals surface area contributed by atoms with E-state index in [9.17, 15) is 8.42 Å². The SMILES string of the molecule is CN1CCN(c2ccc(CCNS(=O)(=O)c3cccc4ccccc34)cc2)CC1. The van der Waals surface area contributed by atoms with E-state index in [0.717, 1.165) is 42.5 Å². The maximum absolute atomic E-state index is 12.8. The number of piperazine rings is 1. The van der Waals surface area contributed by atoms with Crippen LogP contribution >= 0.6 is 0 Å². The molecule has 0 bridgehead atoms. The lowest BCUT2D eigenvalue weighted by molar-refractivity contribution is 0.313. The molecular formula is C23H27N3O2S. The molecule has 1 N–H and O–H groups in total. The molecule has 3 aromatic carbocycles. The number of nitrogens with zero attached hydrogens (tertiary/aromatic N) is 2. The number of hydrogen-bond donors (Lipinski definition) is 1. The topological polar surface area (TPSA) is 52.6 Å². The number of sulfonamides is 1. The van der Waals surface area contributed by atoms with Crippen LogP contribution in [0.3, 0.4) is 0 Å². The van der Waals surface area contributed by atoms with Crippen molar-refractivity contribution in [3.63, 3.8) is 0 Å². The van der Waals surface area contributed by atoms with Crippen LogP contribution in [0.25, 0.3) is 10.8 Å². The van der Waals surface area contributed by atoms with Gasteiger partial charge in [-0.15, -0.1) is 0 Å². The molecule has 4 rings (SSSR count). The van der Waals surface area contributed by atoms with Crippen LogP contribution in [0.5, 0.6) is 0 Å². The van der Waals surface area contributed by atoms with E-state index in [1.165, 1.54) is 5.69 Å². The van der Waals surface area contributed by atoms with E-state index >= 15 is 0 Å². The van der Waals surface area contributed by atoms with Gasteiger partial charge >= 0.3 is 0 Å². The molecule has 1 aliphatic rings. The van der Waals surface area contributed by atoms with Gasteiger partial charge in [-0.25, -0.2) is 13.1 Å². The lowest BCUT2D eigenvalue weighted by atomic mass is 10.1. The van der Waals surface area contributed by atoms with Crippen LogP contribution in [0, 0.1) is 0 Å². The second kappa shape index (κ2) is 8.53. The monoisotopic (exact) mass is 409 g/mol. The van der Waals surface area contributed by atoms with Gasteiger partial charge in [0.2, 0.25) is 10.0 Å². The first-order chi connectivity index (χ1) is 14.0. The van der Waals surface area contributed by atoms with Crippen LogP contribution in [0.2, 0.25) is 0 Å². The van der Waals surface area contributed by atoms with E-state index in [2.05, 4.69) is 45.8 Å². The molecule has 0 unspecified atom stereocenters. The molecule has 0 aliphatic carbocycles. The van der Waals surface area contributed by atoms with Crippen molar-refractivity contribution in [3.8, 4) is 0 Å². The van der Waals surface area contributed by atoms with Crippen molar-refractivity contribution in [1.82, 2.24) is 9.62 Å². The number of hydrogen-bond acceptors (Lipinski definition) is 4. The fourth-order valence-corrected chi connectivity index (χ4v) is 5.04. The number of benzene rings is 3. The van der Waals surface area contributed by atoms with Crippen molar-refractivity contribution in [3.05, 3.63) is 72.3 Å². The summed E-state index contributed by atoms with van der Waals surface area (Å²) in [6.07, 6.45) is 0.660. The van der Waals surface area contributed by atoms with Crippen molar-refractivity contribution in [2.45, 2.75) is 11.3 Å². The Labute approximate surface area is 173 Å². The maximum Gasteiger partial charge on any atom is 0.241 e. The molecule has 0 amide bonds. The highest BCUT2D eigenvalue weighted by Gasteiger charge is 2.17. The van der Waals surface area contributed by atoms with Gasteiger partial charge in [0.1, 0.15) is 0 Å². The molecular weight excluding hydrogens is 382 g/mol. The Hall–Kier alpha value is -2.41. The highest BCUT2D eigenvalue weighted by molar-refractivity contribution is 7.89. The Kier molecular flexibility index (Phi) is 5.85. The molecule has 1 aliphatic heterocycles. The lowest BCUT2D eigenvalue weighted by Gasteiger charge is -2.34. The van der Waals surface area contributed by atoms with E-state index in [1.54, 1.807) is 12.1 Å². The summed E-state index contributed by atoms with van der Waals surface area (Å²) in [5.41, 5.74) is 2.36. The Morgan fingerprint density at radius 2 is 1.55 bits per heavy atom. The molecule has 0 saturated carbocycles. The van der Waals surface area contributed by atoms with Gasteiger partial charge in [0.15, 0.2) is 0 Å². The van der Waals surface area contributed by atoms with Gasteiger partial charge in [-0.2, -0.15) is 0 Å². The fraction of sp³-hybridized carbons (Fsp3) is 0.304. The summed E-state index contributed by atoms with van der Waals surface area (Å²) >= 11 is 0. The first-order valence-corrected chi connectivity index (χ1v) is 11.5. The summed E-state index contributed by atoms with van der Waals surface area (Å²) in [5, 5.41) is 1.67. The van der Waals surface area contributed by atoms with E-state index in [0.29, 0.717) is 17.9 Å². The standard InChI is InChI=1S/C23H27N3O2S/c1-25-15-17-26(18-16-25)21-11-9-19(10-12-21)13-14-24-29(27,28)23-8-4-6-20-5-2-3-7-22(20)23/h2-12,24H,13-18H2,1H3. The molecule has 1 heterocycles. The minimum absolute atomic E-state index is 0.334. The van der Waals surface area contributed by atoms with Crippen LogP contribution in [0.1, 0.15) is 5.56 Å². The predicted octanol–water partition coefficient (Wildman–Crippen LogP) is 3.11. The van der Waals surface area contributed by atoms with Gasteiger partial charge in [-0.05, 0) is 42.6 Å². The van der Waals surface area contributed by atoms with Crippen molar-refractivity contribution >= 4 is 26.5 Å². The second-order valence-electron chi connectivity index (χ2n) is 7.58. The molecule has 0 spiro atoms. The molecule has 0 radical (unpaired) electrons. The molecule has 0 atom stereocenters. The van der Waals surface area contributed by atoms with Crippen LogP contribution in [0.4, 0.5) is 5.69 Å². The van der Waals surface area contributed by atoms with Crippen LogP contribution in [-0.2, 0) is 16.4 Å². The molecule has 0 aromatic heterocycles. The van der Waals surface area contributed by atoms with Crippen molar-refractivity contribution in [2.24, 2.45) is 0 Å². The second-order valence-corrected chi connectivity index (χ2v) is 9.32. The Bertz CT molecular complexity index is 1070. The fourth-order valence-electron chi connectivity index (χ4n) is 3.78. The van der Waals surface area contributed by atoms with Crippen LogP contribution in [-0.4, -0.2) is 53.1 Å². The van der Waals surface area contributed by atoms with Crippen molar-refractivity contribution in [2.75, 3.05) is 44.7 Å². The average molecular weight is 410 g/mol. The first kappa shape index (κ1) is 19.9. The Morgan fingerprint density at radius 1 is 0.862 bits per heavy atom. The molecule has 5 nitrogen and oxygen atoms in total. The predicted molar refractivity (Wildman–Crippen MR) is 119 cm³/mol. The Morgan fingerprint density at radius 3 is 2.31 bits per heavy atom. The van der Waals surface area contributed by atoms with Gasteiger partial charge in [-0.3, -0.25) is 0 Å². The third-order valence-electron chi connectivity index (χ3n) is 5.55. The van der Waals surface area contributed by atoms with Gasteiger partial charge in [-0.1, -0.05) is 48.5 Å². The molecule has 1 saturated heterocycles. The molecule has 1 fully saturated rings. The first-order valence-electron chi connectivity index (χ1n) is 10.0. The average Bonchev–Trinajstić information content (AvgIpc) is 2.74. The third-order valence-corrected chi connectivity index (χ3v) is 7.07. The van der Waals surface area contributed by atoms with E-state index in [4.69, 9.17) is 0 Å². The summed E-state index contributed by atoms with van der Waals surface area (Å²) < 4.78 is 28.4. The van der Waals surface area contributed by atoms with Gasteiger partial charge < -0.3 is 9.80 Å². The van der Waals surface area contributed by atoms with Gasteiger partial charge in [0, 0.05) is 43.8 Å². The van der Waals surface area contributed by atoms with Crippen molar-refractivity contribution < 1.29 is 8.42 Å². The van der Waals surface area contributed by atoms with Gasteiger partial charge in [0.05, 0.1) is 4.90 Å². The molecule has 6 heteroatoms. The van der Waals surface area contributed by atoms with Crippen molar-refractivity contribution in [1.29, 1.82) is 0 Å². The van der Waals surface area contributed by atoms with E-state index in [1.807, 2.05) is 30.3 Å². The summed E-state index contributed by atoms with van der Waals surface area (Å²) in [6.45, 7) is 4.62. The zero-order valence-electron chi connectivity index (χ0n) is 16.7. The molecule has 3 aromatic rings. The lowest BCUT2D eigenvalue weighted by Crippen LogP contribution is -2.44. The minimum atomic E-state index is -3.55. The highest BCUT2D eigenvalue weighted by atomic mass is 32.2. The number of likely N-dealkylation sites (N-methyl/N-ethyl adjacent to an activating group) is 1. The van der Waals surface area contributed by atoms with Gasteiger partial charge in [0.25, 0.3) is 0 Å². The van der Waals surface area contributed by atoms with E-state index < -0.39 is 10.0 Å². The highest BCUT2D eigenvalue weighted by Crippen LogP contribution is 2.22. The quantitative estimate of drug-likeness (QED) is 0.680.